The third-order valence-electron chi connectivity index (χ3n) is 4.64. The molecule has 2 aromatic rings. The maximum atomic E-state index is 14.0. The highest BCUT2D eigenvalue weighted by molar-refractivity contribution is 6.30. The Hall–Kier alpha value is -2.80. The summed E-state index contributed by atoms with van der Waals surface area (Å²) in [5.74, 6) is -0.0244. The number of carbonyl (C=O) groups excluding carboxylic acids is 2. The Morgan fingerprint density at radius 2 is 1.56 bits per heavy atom. The summed E-state index contributed by atoms with van der Waals surface area (Å²) in [6.07, 6.45) is 0. The van der Waals surface area contributed by atoms with E-state index in [1.54, 1.807) is 23.1 Å². The number of hydrogen-bond acceptors (Lipinski definition) is 4. The van der Waals surface area contributed by atoms with Gasteiger partial charge in [-0.1, -0.05) is 11.6 Å². The number of amides is 2. The van der Waals surface area contributed by atoms with Crippen LogP contribution in [0.1, 0.15) is 20.7 Å². The van der Waals surface area contributed by atoms with Gasteiger partial charge in [0.25, 0.3) is 11.8 Å². The summed E-state index contributed by atoms with van der Waals surface area (Å²) in [6, 6.07) is 9.04. The summed E-state index contributed by atoms with van der Waals surface area (Å²) >= 11 is 5.73. The predicted molar refractivity (Wildman–Crippen MR) is 95.8 cm³/mol. The van der Waals surface area contributed by atoms with E-state index in [1.807, 2.05) is 0 Å². The molecule has 4 rings (SSSR count). The summed E-state index contributed by atoms with van der Waals surface area (Å²) in [4.78, 5) is 28.4. The maximum Gasteiger partial charge on any atom is 0.256 e. The molecule has 27 heavy (non-hydrogen) atoms. The summed E-state index contributed by atoms with van der Waals surface area (Å²) < 4.78 is 24.5. The molecule has 2 aliphatic heterocycles. The monoisotopic (exact) mass is 390 g/mol. The van der Waals surface area contributed by atoms with E-state index in [2.05, 4.69) is 0 Å². The molecule has 0 saturated carbocycles. The van der Waals surface area contributed by atoms with E-state index >= 15 is 0 Å². The molecule has 0 aromatic heterocycles. The van der Waals surface area contributed by atoms with Crippen LogP contribution in [0, 0.1) is 5.82 Å². The molecule has 0 radical (unpaired) electrons. The molecule has 0 N–H and O–H groups in total. The molecule has 1 saturated heterocycles. The minimum Gasteiger partial charge on any atom is -0.454 e. The molecule has 0 spiro atoms. The Balaban J connectivity index is 1.41. The Bertz CT molecular complexity index is 913. The SMILES string of the molecule is O=C(c1ccc2c(c1)OCO2)N1CCN(C(=O)c2ccc(Cl)cc2F)CC1. The van der Waals surface area contributed by atoms with Gasteiger partial charge in [-0.3, -0.25) is 9.59 Å². The molecule has 0 bridgehead atoms. The molecule has 1 fully saturated rings. The second-order valence-electron chi connectivity index (χ2n) is 6.28. The molecule has 6 nitrogen and oxygen atoms in total. The van der Waals surface area contributed by atoms with Crippen LogP contribution in [-0.2, 0) is 0 Å². The van der Waals surface area contributed by atoms with Gasteiger partial charge in [-0.05, 0) is 36.4 Å². The van der Waals surface area contributed by atoms with Gasteiger partial charge in [0.1, 0.15) is 5.82 Å². The van der Waals surface area contributed by atoms with E-state index < -0.39 is 11.7 Å². The molecular weight excluding hydrogens is 375 g/mol. The molecular formula is C19H16ClFN2O4. The topological polar surface area (TPSA) is 59.1 Å². The van der Waals surface area contributed by atoms with E-state index in [4.69, 9.17) is 21.1 Å². The lowest BCUT2D eigenvalue weighted by Gasteiger charge is -2.35. The van der Waals surface area contributed by atoms with E-state index in [1.165, 1.54) is 17.0 Å². The van der Waals surface area contributed by atoms with Gasteiger partial charge < -0.3 is 19.3 Å². The fraction of sp³-hybridized carbons (Fsp3) is 0.263. The average molecular weight is 391 g/mol. The smallest absolute Gasteiger partial charge is 0.256 e. The number of nitrogens with zero attached hydrogens (tertiary/aromatic N) is 2. The minimum atomic E-state index is -0.647. The normalized spacial score (nSPS) is 15.8. The largest absolute Gasteiger partial charge is 0.454 e. The van der Waals surface area contributed by atoms with Crippen LogP contribution in [0.3, 0.4) is 0 Å². The fourth-order valence-electron chi connectivity index (χ4n) is 3.16. The molecule has 2 aromatic carbocycles. The molecule has 2 heterocycles. The van der Waals surface area contributed by atoms with Crippen molar-refractivity contribution in [3.8, 4) is 11.5 Å². The summed E-state index contributed by atoms with van der Waals surface area (Å²) in [5.41, 5.74) is 0.484. The van der Waals surface area contributed by atoms with Crippen LogP contribution in [0.4, 0.5) is 4.39 Å². The van der Waals surface area contributed by atoms with Crippen molar-refractivity contribution in [1.82, 2.24) is 9.80 Å². The Labute approximate surface area is 160 Å². The van der Waals surface area contributed by atoms with Crippen LogP contribution in [-0.4, -0.2) is 54.6 Å². The molecule has 8 heteroatoms. The average Bonchev–Trinajstić information content (AvgIpc) is 3.15. The number of rotatable bonds is 2. The number of fused-ring (bicyclic) bond motifs is 1. The minimum absolute atomic E-state index is 0.0186. The first-order valence-electron chi connectivity index (χ1n) is 8.46. The summed E-state index contributed by atoms with van der Waals surface area (Å²) in [6.45, 7) is 1.55. The number of carbonyl (C=O) groups is 2. The van der Waals surface area contributed by atoms with Gasteiger partial charge in [0, 0.05) is 36.8 Å². The van der Waals surface area contributed by atoms with Crippen molar-refractivity contribution in [3.63, 3.8) is 0 Å². The first-order chi connectivity index (χ1) is 13.0. The Morgan fingerprint density at radius 3 is 2.26 bits per heavy atom. The number of halogens is 2. The zero-order chi connectivity index (χ0) is 19.0. The van der Waals surface area contributed by atoms with Gasteiger partial charge >= 0.3 is 0 Å². The first-order valence-corrected chi connectivity index (χ1v) is 8.84. The summed E-state index contributed by atoms with van der Waals surface area (Å²) in [5, 5.41) is 0.239. The van der Waals surface area contributed by atoms with E-state index in [0.717, 1.165) is 6.07 Å². The van der Waals surface area contributed by atoms with Gasteiger partial charge in [0.15, 0.2) is 11.5 Å². The highest BCUT2D eigenvalue weighted by atomic mass is 35.5. The summed E-state index contributed by atoms with van der Waals surface area (Å²) in [7, 11) is 0. The van der Waals surface area contributed by atoms with E-state index in [0.29, 0.717) is 43.2 Å². The molecule has 0 aliphatic carbocycles. The van der Waals surface area contributed by atoms with Crippen LogP contribution in [0.15, 0.2) is 36.4 Å². The van der Waals surface area contributed by atoms with Crippen molar-refractivity contribution in [2.45, 2.75) is 0 Å². The second kappa shape index (κ2) is 7.08. The standard InChI is InChI=1S/C19H16ClFN2O4/c20-13-2-3-14(15(21)10-13)19(25)23-7-5-22(6-8-23)18(24)12-1-4-16-17(9-12)27-11-26-16/h1-4,9-10H,5-8,11H2. The van der Waals surface area contributed by atoms with Crippen LogP contribution >= 0.6 is 11.6 Å². The molecule has 140 valence electrons. The van der Waals surface area contributed by atoms with Crippen molar-refractivity contribution in [3.05, 3.63) is 58.4 Å². The van der Waals surface area contributed by atoms with Gasteiger partial charge in [0.2, 0.25) is 6.79 Å². The van der Waals surface area contributed by atoms with Crippen LogP contribution < -0.4 is 9.47 Å². The van der Waals surface area contributed by atoms with Crippen LogP contribution in [0.2, 0.25) is 5.02 Å². The Morgan fingerprint density at radius 1 is 0.889 bits per heavy atom. The molecule has 2 aliphatic rings. The van der Waals surface area contributed by atoms with Crippen molar-refractivity contribution >= 4 is 23.4 Å². The zero-order valence-electron chi connectivity index (χ0n) is 14.3. The van der Waals surface area contributed by atoms with Crippen molar-refractivity contribution in [1.29, 1.82) is 0 Å². The number of piperazine rings is 1. The van der Waals surface area contributed by atoms with Crippen molar-refractivity contribution in [2.75, 3.05) is 33.0 Å². The zero-order valence-corrected chi connectivity index (χ0v) is 15.0. The van der Waals surface area contributed by atoms with Crippen LogP contribution in [0.5, 0.6) is 11.5 Å². The van der Waals surface area contributed by atoms with Gasteiger partial charge in [-0.25, -0.2) is 4.39 Å². The number of ether oxygens (including phenoxy) is 2. The van der Waals surface area contributed by atoms with E-state index in [-0.39, 0.29) is 23.3 Å². The second-order valence-corrected chi connectivity index (χ2v) is 6.71. The lowest BCUT2D eigenvalue weighted by atomic mass is 10.1. The van der Waals surface area contributed by atoms with E-state index in [9.17, 15) is 14.0 Å². The third kappa shape index (κ3) is 3.42. The first kappa shape index (κ1) is 17.6. The lowest BCUT2D eigenvalue weighted by Crippen LogP contribution is -2.50. The third-order valence-corrected chi connectivity index (χ3v) is 4.87. The highest BCUT2D eigenvalue weighted by Crippen LogP contribution is 2.32. The highest BCUT2D eigenvalue weighted by Gasteiger charge is 2.27. The van der Waals surface area contributed by atoms with Crippen molar-refractivity contribution < 1.29 is 23.5 Å². The predicted octanol–water partition coefficient (Wildman–Crippen LogP) is 2.81. The van der Waals surface area contributed by atoms with Gasteiger partial charge in [-0.2, -0.15) is 0 Å². The van der Waals surface area contributed by atoms with Gasteiger partial charge in [0.05, 0.1) is 5.56 Å². The van der Waals surface area contributed by atoms with Gasteiger partial charge in [-0.15, -0.1) is 0 Å². The molecule has 2 amide bonds. The number of benzene rings is 2. The maximum absolute atomic E-state index is 14.0. The number of hydrogen-bond donors (Lipinski definition) is 0. The van der Waals surface area contributed by atoms with Crippen molar-refractivity contribution in [2.24, 2.45) is 0 Å². The molecule has 0 unspecified atom stereocenters. The van der Waals surface area contributed by atoms with Crippen LogP contribution in [0.25, 0.3) is 0 Å². The lowest BCUT2D eigenvalue weighted by molar-refractivity contribution is 0.0532. The fourth-order valence-corrected chi connectivity index (χ4v) is 3.32. The Kier molecular flexibility index (Phi) is 4.61. The quantitative estimate of drug-likeness (QED) is 0.791. The molecule has 0 atom stereocenters.